The molecule has 2 aliphatic rings. The minimum absolute atomic E-state index is 0.131. The molecule has 0 aromatic heterocycles. The summed E-state index contributed by atoms with van der Waals surface area (Å²) < 4.78 is 20.8. The molecule has 0 unspecified atom stereocenters. The number of aliphatic hydroxyl groups excluding tert-OH is 1. The monoisotopic (exact) mass is 321 g/mol. The molecular weight excluding hydrogens is 302 g/mol. The van der Waals surface area contributed by atoms with Gasteiger partial charge in [0.15, 0.2) is 11.5 Å². The molecule has 0 bridgehead atoms. The van der Waals surface area contributed by atoms with Crippen molar-refractivity contribution >= 4 is 6.09 Å². The van der Waals surface area contributed by atoms with Gasteiger partial charge in [0.25, 0.3) is 0 Å². The van der Waals surface area contributed by atoms with Crippen molar-refractivity contribution in [1.29, 1.82) is 0 Å². The average Bonchev–Trinajstić information content (AvgIpc) is 3.02. The summed E-state index contributed by atoms with van der Waals surface area (Å²) in [6, 6.07) is 3.31. The molecule has 0 fully saturated rings. The molecule has 0 spiro atoms. The Balaban J connectivity index is 1.96. The third kappa shape index (κ3) is 2.92. The molecule has 0 saturated heterocycles. The van der Waals surface area contributed by atoms with Crippen molar-refractivity contribution in [2.24, 2.45) is 0 Å². The predicted octanol–water partition coefficient (Wildman–Crippen LogP) is 1.55. The zero-order valence-electron chi connectivity index (χ0n) is 12.9. The summed E-state index contributed by atoms with van der Waals surface area (Å²) in [7, 11) is 2.85. The number of hydrogen-bond donors (Lipinski definition) is 2. The zero-order chi connectivity index (χ0) is 16.4. The zero-order valence-corrected chi connectivity index (χ0v) is 12.9. The number of aliphatic hydroxyl groups is 1. The number of fused-ring (bicyclic) bond motifs is 1. The van der Waals surface area contributed by atoms with E-state index >= 15 is 0 Å². The average molecular weight is 321 g/mol. The number of alkyl carbamates (subject to hydrolysis) is 1. The van der Waals surface area contributed by atoms with Crippen LogP contribution in [0.5, 0.6) is 17.2 Å². The minimum atomic E-state index is -0.740. The number of amides is 1. The van der Waals surface area contributed by atoms with E-state index in [1.54, 1.807) is 19.3 Å². The highest BCUT2D eigenvalue weighted by atomic mass is 16.7. The molecule has 1 aromatic carbocycles. The maximum Gasteiger partial charge on any atom is 0.407 e. The van der Waals surface area contributed by atoms with Crippen molar-refractivity contribution in [3.63, 3.8) is 0 Å². The summed E-state index contributed by atoms with van der Waals surface area (Å²) in [4.78, 5) is 11.6. The minimum Gasteiger partial charge on any atom is -0.493 e. The van der Waals surface area contributed by atoms with Crippen molar-refractivity contribution in [3.05, 3.63) is 29.8 Å². The van der Waals surface area contributed by atoms with Gasteiger partial charge in [-0.1, -0.05) is 12.2 Å². The molecule has 1 heterocycles. The quantitative estimate of drug-likeness (QED) is 0.822. The summed E-state index contributed by atoms with van der Waals surface area (Å²) >= 11 is 0. The molecular formula is C16H19NO6. The lowest BCUT2D eigenvalue weighted by Crippen LogP contribution is -2.44. The van der Waals surface area contributed by atoms with Gasteiger partial charge >= 0.3 is 6.09 Å². The van der Waals surface area contributed by atoms with Crippen molar-refractivity contribution < 1.29 is 28.8 Å². The highest BCUT2D eigenvalue weighted by molar-refractivity contribution is 5.68. The number of carbonyl (C=O) groups is 1. The standard InChI is InChI=1S/C16H19NO6/c1-20-12-6-9(7-13-15(12)23-8-22-13)14-10(17-16(19)21-2)4-3-5-11(14)18/h3,5-7,10-11,14,18H,4,8H2,1-2H3,(H,17,19)/t10-,11-,14+/m0/s1. The van der Waals surface area contributed by atoms with Crippen LogP contribution in [0.15, 0.2) is 24.3 Å². The first-order valence-corrected chi connectivity index (χ1v) is 7.30. The molecule has 1 aliphatic carbocycles. The predicted molar refractivity (Wildman–Crippen MR) is 81.0 cm³/mol. The maximum atomic E-state index is 11.6. The van der Waals surface area contributed by atoms with E-state index in [0.717, 1.165) is 5.56 Å². The Morgan fingerprint density at radius 1 is 1.35 bits per heavy atom. The van der Waals surface area contributed by atoms with Gasteiger partial charge in [-0.25, -0.2) is 4.79 Å². The highest BCUT2D eigenvalue weighted by Gasteiger charge is 2.34. The smallest absolute Gasteiger partial charge is 0.407 e. The van der Waals surface area contributed by atoms with Crippen molar-refractivity contribution in [2.45, 2.75) is 24.5 Å². The summed E-state index contributed by atoms with van der Waals surface area (Å²) in [6.07, 6.45) is 2.88. The Morgan fingerprint density at radius 3 is 2.91 bits per heavy atom. The van der Waals surface area contributed by atoms with Crippen LogP contribution < -0.4 is 19.5 Å². The van der Waals surface area contributed by atoms with E-state index in [-0.39, 0.29) is 18.8 Å². The third-order valence-corrected chi connectivity index (χ3v) is 4.08. The number of benzene rings is 1. The van der Waals surface area contributed by atoms with E-state index < -0.39 is 12.2 Å². The van der Waals surface area contributed by atoms with Crippen LogP contribution >= 0.6 is 0 Å². The summed E-state index contributed by atoms with van der Waals surface area (Å²) in [6.45, 7) is 0.131. The molecule has 7 heteroatoms. The van der Waals surface area contributed by atoms with Gasteiger partial charge in [0.05, 0.1) is 20.3 Å². The Bertz CT molecular complexity index is 629. The first-order valence-electron chi connectivity index (χ1n) is 7.30. The van der Waals surface area contributed by atoms with Gasteiger partial charge in [0.2, 0.25) is 12.5 Å². The van der Waals surface area contributed by atoms with E-state index in [4.69, 9.17) is 14.2 Å². The van der Waals surface area contributed by atoms with E-state index in [1.807, 2.05) is 12.1 Å². The van der Waals surface area contributed by atoms with Gasteiger partial charge in [-0.15, -0.1) is 0 Å². The topological polar surface area (TPSA) is 86.3 Å². The first kappa shape index (κ1) is 15.5. The number of methoxy groups -OCH3 is 2. The van der Waals surface area contributed by atoms with Gasteiger partial charge in [0, 0.05) is 12.0 Å². The van der Waals surface area contributed by atoms with E-state index in [0.29, 0.717) is 23.7 Å². The summed E-state index contributed by atoms with van der Waals surface area (Å²) in [5, 5.41) is 13.2. The molecule has 2 N–H and O–H groups in total. The number of carbonyl (C=O) groups excluding carboxylic acids is 1. The molecule has 1 amide bonds. The van der Waals surface area contributed by atoms with E-state index in [1.165, 1.54) is 7.11 Å². The van der Waals surface area contributed by atoms with Gasteiger partial charge in [-0.05, 0) is 24.1 Å². The van der Waals surface area contributed by atoms with Crippen molar-refractivity contribution in [2.75, 3.05) is 21.0 Å². The molecule has 3 rings (SSSR count). The van der Waals surface area contributed by atoms with Crippen LogP contribution in [0.3, 0.4) is 0 Å². The van der Waals surface area contributed by atoms with Crippen LogP contribution in [0, 0.1) is 0 Å². The second kappa shape index (κ2) is 6.37. The number of hydrogen-bond acceptors (Lipinski definition) is 6. The van der Waals surface area contributed by atoms with Crippen LogP contribution in [0.25, 0.3) is 0 Å². The third-order valence-electron chi connectivity index (χ3n) is 4.08. The van der Waals surface area contributed by atoms with Crippen LogP contribution in [-0.2, 0) is 4.74 Å². The Hall–Kier alpha value is -2.41. The fourth-order valence-corrected chi connectivity index (χ4v) is 3.00. The van der Waals surface area contributed by atoms with Crippen LogP contribution in [-0.4, -0.2) is 44.4 Å². The fraction of sp³-hybridized carbons (Fsp3) is 0.438. The molecule has 1 aliphatic heterocycles. The Kier molecular flexibility index (Phi) is 4.29. The molecule has 7 nitrogen and oxygen atoms in total. The fourth-order valence-electron chi connectivity index (χ4n) is 3.00. The molecule has 23 heavy (non-hydrogen) atoms. The highest BCUT2D eigenvalue weighted by Crippen LogP contribution is 2.45. The number of rotatable bonds is 3. The normalized spacial score (nSPS) is 25.1. The van der Waals surface area contributed by atoms with Gasteiger partial charge in [-0.2, -0.15) is 0 Å². The Morgan fingerprint density at radius 2 is 2.17 bits per heavy atom. The SMILES string of the molecule is COC(=O)N[C@H]1CC=C[C@H](O)[C@@H]1c1cc(OC)c2c(c1)OCO2. The van der Waals surface area contributed by atoms with Crippen LogP contribution in [0.4, 0.5) is 4.79 Å². The molecule has 124 valence electrons. The van der Waals surface area contributed by atoms with Gasteiger partial charge < -0.3 is 29.4 Å². The lowest BCUT2D eigenvalue weighted by Gasteiger charge is -2.33. The van der Waals surface area contributed by atoms with Gasteiger partial charge in [0.1, 0.15) is 0 Å². The van der Waals surface area contributed by atoms with Crippen molar-refractivity contribution in [1.82, 2.24) is 5.32 Å². The molecule has 0 radical (unpaired) electrons. The number of ether oxygens (including phenoxy) is 4. The summed E-state index contributed by atoms with van der Waals surface area (Å²) in [5.41, 5.74) is 0.796. The lowest BCUT2D eigenvalue weighted by molar-refractivity contribution is 0.140. The largest absolute Gasteiger partial charge is 0.493 e. The van der Waals surface area contributed by atoms with Crippen LogP contribution in [0.2, 0.25) is 0 Å². The molecule has 1 aromatic rings. The van der Waals surface area contributed by atoms with Crippen molar-refractivity contribution in [3.8, 4) is 17.2 Å². The van der Waals surface area contributed by atoms with E-state index in [2.05, 4.69) is 10.1 Å². The van der Waals surface area contributed by atoms with Gasteiger partial charge in [-0.3, -0.25) is 0 Å². The summed E-state index contributed by atoms with van der Waals surface area (Å²) in [5.74, 6) is 1.31. The van der Waals surface area contributed by atoms with E-state index in [9.17, 15) is 9.90 Å². The maximum absolute atomic E-state index is 11.6. The second-order valence-electron chi connectivity index (χ2n) is 5.38. The second-order valence-corrected chi connectivity index (χ2v) is 5.38. The van der Waals surface area contributed by atoms with Crippen LogP contribution in [0.1, 0.15) is 17.9 Å². The lowest BCUT2D eigenvalue weighted by atomic mass is 9.81. The molecule has 3 atom stereocenters. The Labute approximate surface area is 133 Å². The number of nitrogens with one attached hydrogen (secondary N) is 1. The molecule has 0 saturated carbocycles. The first-order chi connectivity index (χ1) is 11.1.